The zero-order chi connectivity index (χ0) is 18.4. The van der Waals surface area contributed by atoms with Gasteiger partial charge in [-0.25, -0.2) is 14.6 Å². The van der Waals surface area contributed by atoms with Crippen LogP contribution >= 0.6 is 0 Å². The maximum absolute atomic E-state index is 11.7. The van der Waals surface area contributed by atoms with Gasteiger partial charge in [-0.15, -0.1) is 0 Å². The van der Waals surface area contributed by atoms with Crippen molar-refractivity contribution in [2.24, 2.45) is 0 Å². The summed E-state index contributed by atoms with van der Waals surface area (Å²) in [6, 6.07) is 9.51. The van der Waals surface area contributed by atoms with Crippen LogP contribution in [0.1, 0.15) is 31.1 Å². The van der Waals surface area contributed by atoms with E-state index in [0.29, 0.717) is 11.5 Å². The van der Waals surface area contributed by atoms with Gasteiger partial charge in [0.1, 0.15) is 17.1 Å². The Balaban J connectivity index is 1.96. The molecular weight excluding hydrogens is 326 g/mol. The standard InChI is InChI=1S/C18H19NO6/c1-18(2,3)25-16(20)11-23-13-5-4-6-14(9-13)24-15-8-7-12(10-19-15)17(21)22/h4-10H,11H2,1-3H3,(H,21,22). The Kier molecular flexibility index (Phi) is 5.59. The summed E-state index contributed by atoms with van der Waals surface area (Å²) in [5.41, 5.74) is -0.499. The molecule has 0 spiro atoms. The lowest BCUT2D eigenvalue weighted by molar-refractivity contribution is -0.157. The smallest absolute Gasteiger partial charge is 0.344 e. The van der Waals surface area contributed by atoms with Crippen molar-refractivity contribution in [1.82, 2.24) is 4.98 Å². The Morgan fingerprint density at radius 2 is 1.84 bits per heavy atom. The molecule has 1 N–H and O–H groups in total. The molecule has 0 unspecified atom stereocenters. The summed E-state index contributed by atoms with van der Waals surface area (Å²) in [6.45, 7) is 5.12. The van der Waals surface area contributed by atoms with Gasteiger partial charge < -0.3 is 19.3 Å². The van der Waals surface area contributed by atoms with Crippen LogP contribution < -0.4 is 9.47 Å². The molecule has 0 bridgehead atoms. The Hall–Kier alpha value is -3.09. The van der Waals surface area contributed by atoms with Crippen LogP contribution in [-0.4, -0.2) is 34.2 Å². The van der Waals surface area contributed by atoms with E-state index >= 15 is 0 Å². The molecular formula is C18H19NO6. The van der Waals surface area contributed by atoms with Crippen LogP contribution in [0.5, 0.6) is 17.4 Å². The highest BCUT2D eigenvalue weighted by Gasteiger charge is 2.16. The molecule has 25 heavy (non-hydrogen) atoms. The first-order chi connectivity index (χ1) is 11.7. The maximum Gasteiger partial charge on any atom is 0.344 e. The minimum absolute atomic E-state index is 0.0711. The molecule has 1 heterocycles. The Morgan fingerprint density at radius 1 is 1.12 bits per heavy atom. The number of aromatic nitrogens is 1. The predicted octanol–water partition coefficient (Wildman–Crippen LogP) is 3.29. The highest BCUT2D eigenvalue weighted by atomic mass is 16.6. The van der Waals surface area contributed by atoms with Gasteiger partial charge in [0.25, 0.3) is 0 Å². The summed E-state index contributed by atoms with van der Waals surface area (Å²) >= 11 is 0. The molecule has 0 radical (unpaired) electrons. The first-order valence-corrected chi connectivity index (χ1v) is 7.55. The van der Waals surface area contributed by atoms with Crippen LogP contribution in [0.25, 0.3) is 0 Å². The van der Waals surface area contributed by atoms with Crippen molar-refractivity contribution in [3.63, 3.8) is 0 Å². The molecule has 7 heteroatoms. The topological polar surface area (TPSA) is 95.0 Å². The number of carbonyl (C=O) groups is 2. The van der Waals surface area contributed by atoms with Crippen molar-refractivity contribution in [2.45, 2.75) is 26.4 Å². The first-order valence-electron chi connectivity index (χ1n) is 7.55. The van der Waals surface area contributed by atoms with Crippen molar-refractivity contribution in [2.75, 3.05) is 6.61 Å². The highest BCUT2D eigenvalue weighted by Crippen LogP contribution is 2.24. The third-order valence-corrected chi connectivity index (χ3v) is 2.79. The number of carboxylic acid groups (broad SMARTS) is 1. The molecule has 0 atom stereocenters. The van der Waals surface area contributed by atoms with Crippen LogP contribution in [0.15, 0.2) is 42.6 Å². The minimum atomic E-state index is -1.06. The van der Waals surface area contributed by atoms with E-state index in [-0.39, 0.29) is 18.1 Å². The lowest BCUT2D eigenvalue weighted by atomic mass is 10.2. The highest BCUT2D eigenvalue weighted by molar-refractivity contribution is 5.87. The van der Waals surface area contributed by atoms with Gasteiger partial charge in [-0.1, -0.05) is 6.07 Å². The molecule has 7 nitrogen and oxygen atoms in total. The largest absolute Gasteiger partial charge is 0.482 e. The minimum Gasteiger partial charge on any atom is -0.482 e. The molecule has 0 aliphatic rings. The molecule has 1 aromatic carbocycles. The predicted molar refractivity (Wildman–Crippen MR) is 89.1 cm³/mol. The molecule has 132 valence electrons. The van der Waals surface area contributed by atoms with Gasteiger partial charge in [0, 0.05) is 18.3 Å². The fraction of sp³-hybridized carbons (Fsp3) is 0.278. The molecule has 2 aromatic rings. The number of esters is 1. The number of pyridine rings is 1. The van der Waals surface area contributed by atoms with E-state index in [4.69, 9.17) is 19.3 Å². The van der Waals surface area contributed by atoms with E-state index in [9.17, 15) is 9.59 Å². The number of carboxylic acids is 1. The number of hydrogen-bond donors (Lipinski definition) is 1. The van der Waals surface area contributed by atoms with Gasteiger partial charge in [-0.05, 0) is 39.0 Å². The van der Waals surface area contributed by atoms with Gasteiger partial charge in [-0.3, -0.25) is 0 Å². The SMILES string of the molecule is CC(C)(C)OC(=O)COc1cccc(Oc2ccc(C(=O)O)cn2)c1. The number of ether oxygens (including phenoxy) is 3. The molecule has 0 aliphatic carbocycles. The third kappa shape index (κ3) is 6.14. The van der Waals surface area contributed by atoms with Crippen LogP contribution in [0.3, 0.4) is 0 Å². The molecule has 1 aromatic heterocycles. The Morgan fingerprint density at radius 3 is 2.44 bits per heavy atom. The van der Waals surface area contributed by atoms with Crippen LogP contribution in [0.2, 0.25) is 0 Å². The summed E-state index contributed by atoms with van der Waals surface area (Å²) in [5, 5.41) is 8.84. The second-order valence-corrected chi connectivity index (χ2v) is 6.14. The van der Waals surface area contributed by atoms with E-state index in [1.165, 1.54) is 18.3 Å². The van der Waals surface area contributed by atoms with E-state index in [1.807, 2.05) is 0 Å². The lowest BCUT2D eigenvalue weighted by Gasteiger charge is -2.19. The molecule has 0 amide bonds. The van der Waals surface area contributed by atoms with Crippen molar-refractivity contribution in [3.05, 3.63) is 48.2 Å². The van der Waals surface area contributed by atoms with E-state index in [2.05, 4.69) is 4.98 Å². The van der Waals surface area contributed by atoms with Gasteiger partial charge in [0.05, 0.1) is 5.56 Å². The van der Waals surface area contributed by atoms with Crippen LogP contribution in [0, 0.1) is 0 Å². The molecule has 0 saturated heterocycles. The van der Waals surface area contributed by atoms with E-state index in [0.717, 1.165) is 0 Å². The maximum atomic E-state index is 11.7. The number of aromatic carboxylic acids is 1. The van der Waals surface area contributed by atoms with Crippen molar-refractivity contribution < 1.29 is 28.9 Å². The lowest BCUT2D eigenvalue weighted by Crippen LogP contribution is -2.27. The van der Waals surface area contributed by atoms with E-state index < -0.39 is 17.5 Å². The van der Waals surface area contributed by atoms with Crippen molar-refractivity contribution in [3.8, 4) is 17.4 Å². The van der Waals surface area contributed by atoms with Gasteiger partial charge in [0.15, 0.2) is 6.61 Å². The van der Waals surface area contributed by atoms with Crippen LogP contribution in [-0.2, 0) is 9.53 Å². The third-order valence-electron chi connectivity index (χ3n) is 2.79. The zero-order valence-electron chi connectivity index (χ0n) is 14.2. The second kappa shape index (κ2) is 7.65. The zero-order valence-corrected chi connectivity index (χ0v) is 14.2. The number of carbonyl (C=O) groups excluding carboxylic acids is 1. The molecule has 2 rings (SSSR count). The monoisotopic (exact) mass is 345 g/mol. The molecule has 0 saturated carbocycles. The normalized spacial score (nSPS) is 10.8. The second-order valence-electron chi connectivity index (χ2n) is 6.14. The molecule has 0 fully saturated rings. The van der Waals surface area contributed by atoms with Gasteiger partial charge in [0.2, 0.25) is 5.88 Å². The number of rotatable bonds is 6. The summed E-state index contributed by atoms with van der Waals surface area (Å²) in [6.07, 6.45) is 1.21. The number of hydrogen-bond acceptors (Lipinski definition) is 6. The van der Waals surface area contributed by atoms with Crippen molar-refractivity contribution in [1.29, 1.82) is 0 Å². The quantitative estimate of drug-likeness (QED) is 0.803. The average Bonchev–Trinajstić information content (AvgIpc) is 2.52. The fourth-order valence-corrected chi connectivity index (χ4v) is 1.83. The Bertz CT molecular complexity index is 749. The molecule has 0 aliphatic heterocycles. The number of nitrogens with zero attached hydrogens (tertiary/aromatic N) is 1. The van der Waals surface area contributed by atoms with Crippen molar-refractivity contribution >= 4 is 11.9 Å². The van der Waals surface area contributed by atoms with Gasteiger partial charge in [-0.2, -0.15) is 0 Å². The van der Waals surface area contributed by atoms with Crippen LogP contribution in [0.4, 0.5) is 0 Å². The average molecular weight is 345 g/mol. The summed E-state index contributed by atoms with van der Waals surface area (Å²) in [4.78, 5) is 26.4. The summed E-state index contributed by atoms with van der Waals surface area (Å²) in [5.74, 6) is -0.404. The van der Waals surface area contributed by atoms with E-state index in [1.54, 1.807) is 45.0 Å². The summed E-state index contributed by atoms with van der Waals surface area (Å²) < 4.78 is 16.1. The fourth-order valence-electron chi connectivity index (χ4n) is 1.83. The Labute approximate surface area is 145 Å². The first kappa shape index (κ1) is 18.3. The number of benzene rings is 1. The van der Waals surface area contributed by atoms with Gasteiger partial charge >= 0.3 is 11.9 Å². The summed E-state index contributed by atoms with van der Waals surface area (Å²) in [7, 11) is 0.